The van der Waals surface area contributed by atoms with Crippen LogP contribution in [0.3, 0.4) is 0 Å². The van der Waals surface area contributed by atoms with E-state index in [1.54, 1.807) is 6.26 Å². The molecule has 0 bridgehead atoms. The second-order valence-corrected chi connectivity index (χ2v) is 5.21. The molecule has 0 aliphatic heterocycles. The molecule has 0 unspecified atom stereocenters. The maximum absolute atomic E-state index is 10.8. The van der Waals surface area contributed by atoms with E-state index in [-0.39, 0.29) is 12.2 Å². The molecule has 0 aromatic rings. The fraction of sp³-hybridized carbons (Fsp3) is 0.714. The second kappa shape index (κ2) is 6.28. The van der Waals surface area contributed by atoms with E-state index in [0.29, 0.717) is 0 Å². The standard InChI is InChI=1S/C7H13NO3S2/c1-4(9)5(8)3-6(7(10)11)13-12-2/h5-6H,3,8H2,1-2H3,(H,10,11)/t5-,6-/m0/s1. The molecule has 2 atom stereocenters. The van der Waals surface area contributed by atoms with Crippen molar-refractivity contribution >= 4 is 33.3 Å². The fourth-order valence-electron chi connectivity index (χ4n) is 0.694. The molecular formula is C7H13NO3S2. The van der Waals surface area contributed by atoms with E-state index in [1.165, 1.54) is 28.5 Å². The molecule has 0 saturated heterocycles. The third kappa shape index (κ3) is 5.17. The largest absolute Gasteiger partial charge is 0.480 e. The zero-order valence-corrected chi connectivity index (χ0v) is 9.15. The molecular weight excluding hydrogens is 210 g/mol. The first kappa shape index (κ1) is 12.8. The smallest absolute Gasteiger partial charge is 0.317 e. The van der Waals surface area contributed by atoms with Crippen molar-refractivity contribution in [2.24, 2.45) is 5.73 Å². The third-order valence-electron chi connectivity index (χ3n) is 1.48. The molecule has 0 heterocycles. The van der Waals surface area contributed by atoms with Gasteiger partial charge >= 0.3 is 5.97 Å². The van der Waals surface area contributed by atoms with Gasteiger partial charge < -0.3 is 10.8 Å². The van der Waals surface area contributed by atoms with Crippen LogP contribution >= 0.6 is 21.6 Å². The van der Waals surface area contributed by atoms with Crippen molar-refractivity contribution in [2.75, 3.05) is 6.26 Å². The van der Waals surface area contributed by atoms with Gasteiger partial charge in [0.15, 0.2) is 0 Å². The second-order valence-electron chi connectivity index (χ2n) is 2.54. The van der Waals surface area contributed by atoms with Crippen molar-refractivity contribution in [1.82, 2.24) is 0 Å². The Kier molecular flexibility index (Phi) is 6.19. The van der Waals surface area contributed by atoms with Gasteiger partial charge in [-0.25, -0.2) is 0 Å². The number of rotatable bonds is 6. The van der Waals surface area contributed by atoms with Crippen molar-refractivity contribution < 1.29 is 14.7 Å². The van der Waals surface area contributed by atoms with Crippen LogP contribution in [0.2, 0.25) is 0 Å². The first-order valence-corrected chi connectivity index (χ1v) is 6.29. The highest BCUT2D eigenvalue weighted by atomic mass is 33.1. The lowest BCUT2D eigenvalue weighted by Gasteiger charge is -2.13. The summed E-state index contributed by atoms with van der Waals surface area (Å²) in [4.78, 5) is 21.4. The predicted molar refractivity (Wildman–Crippen MR) is 55.8 cm³/mol. The summed E-state index contributed by atoms with van der Waals surface area (Å²) in [6.07, 6.45) is 1.98. The van der Waals surface area contributed by atoms with Gasteiger partial charge in [0, 0.05) is 0 Å². The van der Waals surface area contributed by atoms with Gasteiger partial charge in [-0.3, -0.25) is 9.59 Å². The van der Waals surface area contributed by atoms with E-state index < -0.39 is 17.3 Å². The molecule has 0 rings (SSSR count). The summed E-state index contributed by atoms with van der Waals surface area (Å²) < 4.78 is 0. The van der Waals surface area contributed by atoms with Crippen molar-refractivity contribution in [3.05, 3.63) is 0 Å². The molecule has 0 aliphatic carbocycles. The highest BCUT2D eigenvalue weighted by Crippen LogP contribution is 2.26. The van der Waals surface area contributed by atoms with E-state index in [2.05, 4.69) is 0 Å². The summed E-state index contributed by atoms with van der Waals surface area (Å²) in [5.74, 6) is -1.09. The lowest BCUT2D eigenvalue weighted by molar-refractivity contribution is -0.136. The van der Waals surface area contributed by atoms with Crippen LogP contribution in [0.25, 0.3) is 0 Å². The minimum atomic E-state index is -0.920. The molecule has 76 valence electrons. The van der Waals surface area contributed by atoms with E-state index >= 15 is 0 Å². The molecule has 0 aliphatic rings. The van der Waals surface area contributed by atoms with Crippen LogP contribution < -0.4 is 5.73 Å². The summed E-state index contributed by atoms with van der Waals surface area (Å²) in [6, 6.07) is -0.666. The topological polar surface area (TPSA) is 80.4 Å². The number of aliphatic carboxylic acids is 1. The van der Waals surface area contributed by atoms with E-state index in [4.69, 9.17) is 10.8 Å². The minimum Gasteiger partial charge on any atom is -0.480 e. The van der Waals surface area contributed by atoms with Gasteiger partial charge in [-0.05, 0) is 19.6 Å². The van der Waals surface area contributed by atoms with Gasteiger partial charge in [0.05, 0.1) is 6.04 Å². The normalized spacial score (nSPS) is 15.0. The summed E-state index contributed by atoms with van der Waals surface area (Å²) in [7, 11) is 2.58. The Hall–Kier alpha value is -0.200. The average Bonchev–Trinajstić information content (AvgIpc) is 2.03. The van der Waals surface area contributed by atoms with Crippen LogP contribution in [0.1, 0.15) is 13.3 Å². The predicted octanol–water partition coefficient (Wildman–Crippen LogP) is 0.757. The van der Waals surface area contributed by atoms with Gasteiger partial charge in [-0.2, -0.15) is 0 Å². The molecule has 0 aromatic heterocycles. The van der Waals surface area contributed by atoms with Crippen molar-refractivity contribution in [1.29, 1.82) is 0 Å². The fourth-order valence-corrected chi connectivity index (χ4v) is 2.47. The lowest BCUT2D eigenvalue weighted by atomic mass is 10.1. The third-order valence-corrected chi connectivity index (χ3v) is 3.57. The van der Waals surface area contributed by atoms with Gasteiger partial charge in [0.25, 0.3) is 0 Å². The molecule has 6 heteroatoms. The quantitative estimate of drug-likeness (QED) is 0.647. The van der Waals surface area contributed by atoms with Crippen LogP contribution in [0.5, 0.6) is 0 Å². The van der Waals surface area contributed by atoms with Gasteiger partial charge in [0.1, 0.15) is 11.0 Å². The Bertz CT molecular complexity index is 198. The van der Waals surface area contributed by atoms with Crippen LogP contribution in [0.15, 0.2) is 0 Å². The molecule has 0 fully saturated rings. The molecule has 0 radical (unpaired) electrons. The van der Waals surface area contributed by atoms with Crippen molar-refractivity contribution in [3.63, 3.8) is 0 Å². The number of carbonyl (C=O) groups excluding carboxylic acids is 1. The number of hydrogen-bond donors (Lipinski definition) is 2. The molecule has 13 heavy (non-hydrogen) atoms. The number of carboxylic acid groups (broad SMARTS) is 1. The molecule has 4 nitrogen and oxygen atoms in total. The number of hydrogen-bond acceptors (Lipinski definition) is 5. The molecule has 3 N–H and O–H groups in total. The Morgan fingerprint density at radius 3 is 2.38 bits per heavy atom. The summed E-state index contributed by atoms with van der Waals surface area (Å²) >= 11 is 0. The van der Waals surface area contributed by atoms with Gasteiger partial charge in [-0.15, -0.1) is 0 Å². The molecule has 0 aromatic carbocycles. The van der Waals surface area contributed by atoms with E-state index in [1.807, 2.05) is 0 Å². The van der Waals surface area contributed by atoms with Gasteiger partial charge in [0.2, 0.25) is 0 Å². The first-order chi connectivity index (χ1) is 5.99. The number of carbonyl (C=O) groups is 2. The zero-order valence-electron chi connectivity index (χ0n) is 7.52. The zero-order chi connectivity index (χ0) is 10.4. The molecule has 0 saturated carbocycles. The van der Waals surface area contributed by atoms with Gasteiger partial charge in [-0.1, -0.05) is 21.6 Å². The Morgan fingerprint density at radius 2 is 2.08 bits per heavy atom. The summed E-state index contributed by atoms with van der Waals surface area (Å²) in [5.41, 5.74) is 5.45. The molecule has 0 spiro atoms. The maximum Gasteiger partial charge on any atom is 0.317 e. The number of carboxylic acids is 1. The number of Topliss-reactive ketones (excluding diaryl/α,β-unsaturated/α-hetero) is 1. The summed E-state index contributed by atoms with van der Waals surface area (Å²) in [5, 5.41) is 8.13. The highest BCUT2D eigenvalue weighted by Gasteiger charge is 2.22. The van der Waals surface area contributed by atoms with Crippen molar-refractivity contribution in [3.8, 4) is 0 Å². The number of nitrogens with two attached hydrogens (primary N) is 1. The molecule has 0 amide bonds. The minimum absolute atomic E-state index is 0.173. The maximum atomic E-state index is 10.8. The number of ketones is 1. The van der Waals surface area contributed by atoms with Crippen LogP contribution in [0, 0.1) is 0 Å². The Labute approximate surface area is 85.0 Å². The Morgan fingerprint density at radius 1 is 1.54 bits per heavy atom. The van der Waals surface area contributed by atoms with E-state index in [9.17, 15) is 9.59 Å². The van der Waals surface area contributed by atoms with Crippen molar-refractivity contribution in [2.45, 2.75) is 24.6 Å². The SMILES string of the molecule is CSS[C@@H](C[C@H](N)C(C)=O)C(=O)O. The van der Waals surface area contributed by atoms with Crippen LogP contribution in [-0.4, -0.2) is 34.4 Å². The average molecular weight is 223 g/mol. The van der Waals surface area contributed by atoms with E-state index in [0.717, 1.165) is 0 Å². The first-order valence-electron chi connectivity index (χ1n) is 3.67. The summed E-state index contributed by atoms with van der Waals surface area (Å²) in [6.45, 7) is 1.37. The monoisotopic (exact) mass is 223 g/mol. The lowest BCUT2D eigenvalue weighted by Crippen LogP contribution is -2.34. The van der Waals surface area contributed by atoms with Crippen LogP contribution in [0.4, 0.5) is 0 Å². The van der Waals surface area contributed by atoms with Crippen LogP contribution in [-0.2, 0) is 9.59 Å². The Balaban J connectivity index is 4.09. The highest BCUT2D eigenvalue weighted by molar-refractivity contribution is 8.76.